The summed E-state index contributed by atoms with van der Waals surface area (Å²) in [5.41, 5.74) is 0.651. The molecule has 0 bridgehead atoms. The molecule has 0 atom stereocenters. The molecule has 1 aromatic heterocycles. The molecule has 3 N–H and O–H groups in total. The Kier molecular flexibility index (Phi) is 8.15. The Morgan fingerprint density at radius 3 is 2.40 bits per heavy atom. The SMILES string of the molecule is CNC(=O)CC1(NC(=O)c2ccc(Oc3cccc(-c4ccnnc4)c3C#N)c(Cl)c2)CC(C)(C)NC(C)(C)C1. The molecule has 2 heterocycles. The molecular formula is C30H33ClN6O3. The van der Waals surface area contributed by atoms with Gasteiger partial charge in [-0.1, -0.05) is 23.7 Å². The van der Waals surface area contributed by atoms with Gasteiger partial charge in [-0.15, -0.1) is 0 Å². The number of carbonyl (C=O) groups is 2. The first-order valence-electron chi connectivity index (χ1n) is 13.0. The molecule has 40 heavy (non-hydrogen) atoms. The van der Waals surface area contributed by atoms with Gasteiger partial charge in [0, 0.05) is 41.2 Å². The molecule has 2 aromatic carbocycles. The van der Waals surface area contributed by atoms with Crippen LogP contribution in [-0.2, 0) is 4.79 Å². The predicted molar refractivity (Wildman–Crippen MR) is 153 cm³/mol. The van der Waals surface area contributed by atoms with Crippen molar-refractivity contribution in [2.24, 2.45) is 0 Å². The van der Waals surface area contributed by atoms with E-state index in [1.165, 1.54) is 6.07 Å². The summed E-state index contributed by atoms with van der Waals surface area (Å²) in [7, 11) is 1.59. The maximum atomic E-state index is 13.5. The molecule has 0 spiro atoms. The van der Waals surface area contributed by atoms with Gasteiger partial charge in [-0.25, -0.2) is 0 Å². The molecule has 4 rings (SSSR count). The fourth-order valence-corrected chi connectivity index (χ4v) is 6.21. The van der Waals surface area contributed by atoms with Gasteiger partial charge < -0.3 is 20.7 Å². The zero-order chi connectivity index (χ0) is 29.1. The van der Waals surface area contributed by atoms with Crippen molar-refractivity contribution in [2.75, 3.05) is 7.05 Å². The van der Waals surface area contributed by atoms with Gasteiger partial charge in [0.25, 0.3) is 5.91 Å². The van der Waals surface area contributed by atoms with E-state index in [-0.39, 0.29) is 34.3 Å². The van der Waals surface area contributed by atoms with Gasteiger partial charge in [0.05, 0.1) is 23.0 Å². The maximum Gasteiger partial charge on any atom is 0.251 e. The Morgan fingerprint density at radius 1 is 1.07 bits per heavy atom. The van der Waals surface area contributed by atoms with E-state index in [0.717, 1.165) is 5.56 Å². The fourth-order valence-electron chi connectivity index (χ4n) is 5.99. The number of nitriles is 1. The lowest BCUT2D eigenvalue weighted by molar-refractivity contribution is -0.122. The van der Waals surface area contributed by atoms with Crippen LogP contribution in [0.15, 0.2) is 54.9 Å². The van der Waals surface area contributed by atoms with Gasteiger partial charge in [0.15, 0.2) is 0 Å². The van der Waals surface area contributed by atoms with Crippen molar-refractivity contribution in [3.05, 3.63) is 71.0 Å². The smallest absolute Gasteiger partial charge is 0.251 e. The van der Waals surface area contributed by atoms with E-state index >= 15 is 0 Å². The zero-order valence-electron chi connectivity index (χ0n) is 23.3. The first-order valence-corrected chi connectivity index (χ1v) is 13.3. The molecule has 0 saturated carbocycles. The van der Waals surface area contributed by atoms with E-state index in [1.54, 1.807) is 55.8 Å². The molecule has 1 aliphatic rings. The number of nitrogens with zero attached hydrogens (tertiary/aromatic N) is 3. The normalized spacial score (nSPS) is 16.8. The number of carbonyl (C=O) groups excluding carboxylic acids is 2. The minimum Gasteiger partial charge on any atom is -0.454 e. The minimum atomic E-state index is -0.763. The van der Waals surface area contributed by atoms with Crippen LogP contribution in [0, 0.1) is 11.3 Å². The number of nitrogens with one attached hydrogen (secondary N) is 3. The highest BCUT2D eigenvalue weighted by Crippen LogP contribution is 2.39. The minimum absolute atomic E-state index is 0.145. The molecule has 208 valence electrons. The number of ether oxygens (including phenoxy) is 1. The second-order valence-corrected chi connectivity index (χ2v) is 11.9. The summed E-state index contributed by atoms with van der Waals surface area (Å²) in [5.74, 6) is 0.132. The fraction of sp³-hybridized carbons (Fsp3) is 0.367. The van der Waals surface area contributed by atoms with Crippen LogP contribution in [0.5, 0.6) is 11.5 Å². The van der Waals surface area contributed by atoms with Gasteiger partial charge in [-0.2, -0.15) is 15.5 Å². The summed E-state index contributed by atoms with van der Waals surface area (Å²) < 4.78 is 6.04. The summed E-state index contributed by atoms with van der Waals surface area (Å²) in [6, 6.07) is 13.9. The molecule has 3 aromatic rings. The van der Waals surface area contributed by atoms with Gasteiger partial charge in [-0.05, 0) is 70.9 Å². The number of hydrogen-bond acceptors (Lipinski definition) is 7. The molecule has 0 unspecified atom stereocenters. The van der Waals surface area contributed by atoms with Crippen LogP contribution >= 0.6 is 11.6 Å². The molecular weight excluding hydrogens is 528 g/mol. The first kappa shape index (κ1) is 29.0. The van der Waals surface area contributed by atoms with Crippen LogP contribution in [0.1, 0.15) is 62.9 Å². The van der Waals surface area contributed by atoms with Crippen molar-refractivity contribution in [2.45, 2.75) is 63.6 Å². The lowest BCUT2D eigenvalue weighted by atomic mass is 9.69. The molecule has 0 aliphatic carbocycles. The number of benzene rings is 2. The van der Waals surface area contributed by atoms with Crippen LogP contribution in [0.4, 0.5) is 0 Å². The molecule has 1 fully saturated rings. The number of hydrogen-bond donors (Lipinski definition) is 3. The second-order valence-electron chi connectivity index (χ2n) is 11.5. The standard InChI is InChI=1S/C30H33ClN6O3/c1-28(2)17-30(14-26(38)33-5,18-29(3,4)37-28)36-27(39)19-9-10-25(23(31)13-19)40-24-8-6-7-21(22(24)15-32)20-11-12-34-35-16-20/h6-13,16,37H,14,17-18H2,1-5H3,(H,33,38)(H,36,39). The summed E-state index contributed by atoms with van der Waals surface area (Å²) in [6.07, 6.45) is 4.41. The highest BCUT2D eigenvalue weighted by atomic mass is 35.5. The number of piperidine rings is 1. The van der Waals surface area contributed by atoms with E-state index in [2.05, 4.69) is 59.9 Å². The summed E-state index contributed by atoms with van der Waals surface area (Å²) >= 11 is 6.57. The Labute approximate surface area is 239 Å². The highest BCUT2D eigenvalue weighted by molar-refractivity contribution is 6.32. The second kappa shape index (κ2) is 11.2. The van der Waals surface area contributed by atoms with Crippen molar-refractivity contribution >= 4 is 23.4 Å². The molecule has 0 radical (unpaired) electrons. The van der Waals surface area contributed by atoms with E-state index < -0.39 is 5.54 Å². The van der Waals surface area contributed by atoms with E-state index in [1.807, 2.05) is 0 Å². The average molecular weight is 561 g/mol. The topological polar surface area (TPSA) is 129 Å². The Hall–Kier alpha value is -4.00. The first-order chi connectivity index (χ1) is 18.9. The number of amides is 2. The third kappa shape index (κ3) is 6.58. The van der Waals surface area contributed by atoms with E-state index in [0.29, 0.717) is 41.0 Å². The van der Waals surface area contributed by atoms with Crippen molar-refractivity contribution in [3.63, 3.8) is 0 Å². The zero-order valence-corrected chi connectivity index (χ0v) is 24.0. The largest absolute Gasteiger partial charge is 0.454 e. The molecule has 10 heteroatoms. The third-order valence-electron chi connectivity index (χ3n) is 6.84. The van der Waals surface area contributed by atoms with Crippen LogP contribution in [0.3, 0.4) is 0 Å². The van der Waals surface area contributed by atoms with Crippen LogP contribution in [0.25, 0.3) is 11.1 Å². The Bertz CT molecular complexity index is 1450. The molecule has 2 amide bonds. The van der Waals surface area contributed by atoms with E-state index in [9.17, 15) is 14.9 Å². The van der Waals surface area contributed by atoms with Crippen LogP contribution in [0.2, 0.25) is 5.02 Å². The van der Waals surface area contributed by atoms with Crippen molar-refractivity contribution in [1.29, 1.82) is 5.26 Å². The number of aromatic nitrogens is 2. The summed E-state index contributed by atoms with van der Waals surface area (Å²) in [6.45, 7) is 8.27. The van der Waals surface area contributed by atoms with Gasteiger partial charge in [0.1, 0.15) is 23.1 Å². The van der Waals surface area contributed by atoms with Crippen molar-refractivity contribution in [3.8, 4) is 28.7 Å². The monoisotopic (exact) mass is 560 g/mol. The van der Waals surface area contributed by atoms with Crippen molar-refractivity contribution in [1.82, 2.24) is 26.1 Å². The lowest BCUT2D eigenvalue weighted by Gasteiger charge is -2.53. The Morgan fingerprint density at radius 2 is 1.80 bits per heavy atom. The van der Waals surface area contributed by atoms with Crippen LogP contribution in [-0.4, -0.2) is 45.7 Å². The Balaban J connectivity index is 1.60. The quantitative estimate of drug-likeness (QED) is 0.370. The highest BCUT2D eigenvalue weighted by Gasteiger charge is 2.48. The van der Waals surface area contributed by atoms with Gasteiger partial charge >= 0.3 is 0 Å². The van der Waals surface area contributed by atoms with Crippen LogP contribution < -0.4 is 20.7 Å². The summed E-state index contributed by atoms with van der Waals surface area (Å²) in [5, 5.41) is 27.2. The maximum absolute atomic E-state index is 13.5. The lowest BCUT2D eigenvalue weighted by Crippen LogP contribution is -2.68. The molecule has 1 saturated heterocycles. The van der Waals surface area contributed by atoms with E-state index in [4.69, 9.17) is 16.3 Å². The molecule has 9 nitrogen and oxygen atoms in total. The van der Waals surface area contributed by atoms with Gasteiger partial charge in [-0.3, -0.25) is 9.59 Å². The predicted octanol–water partition coefficient (Wildman–Crippen LogP) is 5.01. The average Bonchev–Trinajstić information content (AvgIpc) is 2.88. The summed E-state index contributed by atoms with van der Waals surface area (Å²) in [4.78, 5) is 26.0. The number of rotatable bonds is 7. The third-order valence-corrected chi connectivity index (χ3v) is 7.14. The number of halogens is 1. The van der Waals surface area contributed by atoms with Crippen molar-refractivity contribution < 1.29 is 14.3 Å². The van der Waals surface area contributed by atoms with Gasteiger partial charge in [0.2, 0.25) is 5.91 Å². The molecule has 1 aliphatic heterocycles.